The van der Waals surface area contributed by atoms with Gasteiger partial charge in [-0.15, -0.1) is 0 Å². The molecule has 0 bridgehead atoms. The Labute approximate surface area is 85.0 Å². The molecule has 1 N–H and O–H groups in total. The molecule has 2 rings (SSSR count). The molecule has 1 aliphatic rings. The Morgan fingerprint density at radius 1 is 1.43 bits per heavy atom. The Hall–Kier alpha value is -1.16. The second-order valence-corrected chi connectivity index (χ2v) is 5.20. The highest BCUT2D eigenvalue weighted by Crippen LogP contribution is 2.26. The van der Waals surface area contributed by atoms with Gasteiger partial charge in [-0.05, 0) is 19.1 Å². The van der Waals surface area contributed by atoms with Gasteiger partial charge in [0.15, 0.2) is 0 Å². The Bertz CT molecular complexity index is 403. The van der Waals surface area contributed by atoms with E-state index in [0.717, 1.165) is 4.90 Å². The van der Waals surface area contributed by atoms with Gasteiger partial charge >= 0.3 is 0 Å². The fourth-order valence-corrected chi connectivity index (χ4v) is 2.78. The van der Waals surface area contributed by atoms with Gasteiger partial charge in [0.05, 0.1) is 21.4 Å². The van der Waals surface area contributed by atoms with Crippen LogP contribution >= 0.6 is 0 Å². The van der Waals surface area contributed by atoms with Crippen molar-refractivity contribution in [2.24, 2.45) is 0 Å². The standard InChI is InChI=1S/C10H11NO2S/c1-7-6-10(12)11-8-4-2-3-5-9(8)14(7)13/h2-5,7H,6H2,1H3,(H,11,12)/t7-,14?/m0/s1. The van der Waals surface area contributed by atoms with E-state index < -0.39 is 10.8 Å². The minimum Gasteiger partial charge on any atom is -0.325 e. The minimum absolute atomic E-state index is 0.0594. The van der Waals surface area contributed by atoms with Gasteiger partial charge in [-0.2, -0.15) is 0 Å². The van der Waals surface area contributed by atoms with Crippen LogP contribution in [0.25, 0.3) is 0 Å². The largest absolute Gasteiger partial charge is 0.325 e. The van der Waals surface area contributed by atoms with Gasteiger partial charge in [0, 0.05) is 11.7 Å². The molecular formula is C10H11NO2S. The van der Waals surface area contributed by atoms with Gasteiger partial charge in [-0.25, -0.2) is 0 Å². The Morgan fingerprint density at radius 2 is 2.14 bits per heavy atom. The van der Waals surface area contributed by atoms with Crippen molar-refractivity contribution in [3.05, 3.63) is 24.3 Å². The number of amides is 1. The molecule has 3 nitrogen and oxygen atoms in total. The van der Waals surface area contributed by atoms with Gasteiger partial charge in [0.1, 0.15) is 0 Å². The monoisotopic (exact) mass is 209 g/mol. The van der Waals surface area contributed by atoms with E-state index in [-0.39, 0.29) is 11.2 Å². The van der Waals surface area contributed by atoms with Crippen LogP contribution in [-0.2, 0) is 15.6 Å². The number of para-hydroxylation sites is 1. The molecule has 4 heteroatoms. The highest BCUT2D eigenvalue weighted by molar-refractivity contribution is 7.85. The molecule has 74 valence electrons. The molecular weight excluding hydrogens is 198 g/mol. The maximum absolute atomic E-state index is 11.9. The predicted octanol–water partition coefficient (Wildman–Crippen LogP) is 1.52. The molecule has 0 aromatic heterocycles. The number of fused-ring (bicyclic) bond motifs is 1. The summed E-state index contributed by atoms with van der Waals surface area (Å²) in [6.45, 7) is 1.83. The molecule has 1 unspecified atom stereocenters. The molecule has 2 atom stereocenters. The van der Waals surface area contributed by atoms with E-state index in [1.807, 2.05) is 19.1 Å². The third-order valence-corrected chi connectivity index (χ3v) is 3.90. The zero-order chi connectivity index (χ0) is 10.1. The Balaban J connectivity index is 2.52. The lowest BCUT2D eigenvalue weighted by Crippen LogP contribution is -2.16. The second-order valence-electron chi connectivity index (χ2n) is 3.36. The molecule has 14 heavy (non-hydrogen) atoms. The molecule has 0 fully saturated rings. The molecule has 1 aromatic carbocycles. The molecule has 1 heterocycles. The van der Waals surface area contributed by atoms with Crippen molar-refractivity contribution in [1.82, 2.24) is 0 Å². The summed E-state index contributed by atoms with van der Waals surface area (Å²) >= 11 is 0. The van der Waals surface area contributed by atoms with Crippen LogP contribution in [0.5, 0.6) is 0 Å². The highest BCUT2D eigenvalue weighted by Gasteiger charge is 2.23. The number of hydrogen-bond acceptors (Lipinski definition) is 2. The number of hydrogen-bond donors (Lipinski definition) is 1. The van der Waals surface area contributed by atoms with Crippen LogP contribution in [0.2, 0.25) is 0 Å². The Kier molecular flexibility index (Phi) is 2.37. The van der Waals surface area contributed by atoms with Gasteiger partial charge in [0.25, 0.3) is 0 Å². The zero-order valence-electron chi connectivity index (χ0n) is 7.82. The van der Waals surface area contributed by atoms with E-state index in [9.17, 15) is 9.00 Å². The van der Waals surface area contributed by atoms with E-state index in [4.69, 9.17) is 0 Å². The second kappa shape index (κ2) is 3.53. The minimum atomic E-state index is -1.08. The summed E-state index contributed by atoms with van der Waals surface area (Å²) in [5.41, 5.74) is 0.681. The molecule has 0 spiro atoms. The van der Waals surface area contributed by atoms with Crippen LogP contribution in [0.15, 0.2) is 29.2 Å². The van der Waals surface area contributed by atoms with Gasteiger partial charge < -0.3 is 5.32 Å². The summed E-state index contributed by atoms with van der Waals surface area (Å²) in [6.07, 6.45) is 0.321. The fraction of sp³-hybridized carbons (Fsp3) is 0.300. The first-order valence-corrected chi connectivity index (χ1v) is 5.69. The average Bonchev–Trinajstić information content (AvgIpc) is 2.26. The van der Waals surface area contributed by atoms with Crippen molar-refractivity contribution in [2.45, 2.75) is 23.5 Å². The van der Waals surface area contributed by atoms with E-state index >= 15 is 0 Å². The van der Waals surface area contributed by atoms with Crippen molar-refractivity contribution in [3.8, 4) is 0 Å². The van der Waals surface area contributed by atoms with Crippen LogP contribution in [0.4, 0.5) is 5.69 Å². The summed E-state index contributed by atoms with van der Waals surface area (Å²) in [6, 6.07) is 7.24. The first-order chi connectivity index (χ1) is 6.68. The smallest absolute Gasteiger partial charge is 0.225 e. The number of anilines is 1. The number of carbonyl (C=O) groups is 1. The van der Waals surface area contributed by atoms with Crippen LogP contribution in [0.1, 0.15) is 13.3 Å². The summed E-state index contributed by atoms with van der Waals surface area (Å²) < 4.78 is 11.9. The summed E-state index contributed by atoms with van der Waals surface area (Å²) in [5, 5.41) is 2.64. The van der Waals surface area contributed by atoms with E-state index in [2.05, 4.69) is 5.32 Å². The third-order valence-electron chi connectivity index (χ3n) is 2.22. The topological polar surface area (TPSA) is 46.2 Å². The summed E-state index contributed by atoms with van der Waals surface area (Å²) in [5.74, 6) is -0.0594. The van der Waals surface area contributed by atoms with Gasteiger partial charge in [-0.3, -0.25) is 9.00 Å². The lowest BCUT2D eigenvalue weighted by molar-refractivity contribution is -0.116. The van der Waals surface area contributed by atoms with Crippen LogP contribution in [-0.4, -0.2) is 15.4 Å². The van der Waals surface area contributed by atoms with Crippen LogP contribution in [0.3, 0.4) is 0 Å². The fourth-order valence-electron chi connectivity index (χ4n) is 1.50. The van der Waals surface area contributed by atoms with Crippen molar-refractivity contribution in [2.75, 3.05) is 5.32 Å². The molecule has 0 saturated carbocycles. The SMILES string of the molecule is C[C@H]1CC(=O)Nc2ccccc2S1=O. The molecule has 0 saturated heterocycles. The number of carbonyl (C=O) groups excluding carboxylic acids is 1. The first kappa shape index (κ1) is 9.40. The highest BCUT2D eigenvalue weighted by atomic mass is 32.2. The first-order valence-electron chi connectivity index (χ1n) is 4.48. The summed E-state index contributed by atoms with van der Waals surface area (Å²) in [7, 11) is -1.08. The van der Waals surface area contributed by atoms with Crippen molar-refractivity contribution in [3.63, 3.8) is 0 Å². The lowest BCUT2D eigenvalue weighted by Gasteiger charge is -2.06. The normalized spacial score (nSPS) is 26.2. The van der Waals surface area contributed by atoms with Gasteiger partial charge in [-0.1, -0.05) is 12.1 Å². The van der Waals surface area contributed by atoms with E-state index in [1.54, 1.807) is 12.1 Å². The molecule has 0 aliphatic carbocycles. The lowest BCUT2D eigenvalue weighted by atomic mass is 10.3. The maximum Gasteiger partial charge on any atom is 0.225 e. The predicted molar refractivity (Wildman–Crippen MR) is 55.6 cm³/mol. The number of benzene rings is 1. The molecule has 1 aliphatic heterocycles. The Morgan fingerprint density at radius 3 is 2.93 bits per heavy atom. The van der Waals surface area contributed by atoms with Crippen LogP contribution in [0, 0.1) is 0 Å². The van der Waals surface area contributed by atoms with Gasteiger partial charge in [0.2, 0.25) is 5.91 Å². The maximum atomic E-state index is 11.9. The zero-order valence-corrected chi connectivity index (χ0v) is 8.64. The van der Waals surface area contributed by atoms with Crippen LogP contribution < -0.4 is 5.32 Å². The van der Waals surface area contributed by atoms with E-state index in [1.165, 1.54) is 0 Å². The van der Waals surface area contributed by atoms with Crippen molar-refractivity contribution in [1.29, 1.82) is 0 Å². The molecule has 1 amide bonds. The van der Waals surface area contributed by atoms with Crippen molar-refractivity contribution >= 4 is 22.4 Å². The average molecular weight is 209 g/mol. The van der Waals surface area contributed by atoms with Crippen molar-refractivity contribution < 1.29 is 9.00 Å². The number of rotatable bonds is 0. The molecule has 0 radical (unpaired) electrons. The quantitative estimate of drug-likeness (QED) is 0.704. The van der Waals surface area contributed by atoms with E-state index in [0.29, 0.717) is 12.1 Å². The summed E-state index contributed by atoms with van der Waals surface area (Å²) in [4.78, 5) is 12.1. The third kappa shape index (κ3) is 1.57. The molecule has 1 aromatic rings. The number of nitrogens with one attached hydrogen (secondary N) is 1.